The number of aromatic nitrogens is 5. The molecule has 3 heterocycles. The minimum Gasteiger partial charge on any atom is -0.424 e. The van der Waals surface area contributed by atoms with E-state index in [-0.39, 0.29) is 18.2 Å². The number of aryl methyl sites for hydroxylation is 1. The maximum atomic E-state index is 12.1. The summed E-state index contributed by atoms with van der Waals surface area (Å²) < 4.78 is 8.51. The summed E-state index contributed by atoms with van der Waals surface area (Å²) in [6.07, 6.45) is 3.50. The molecule has 1 aliphatic carbocycles. The van der Waals surface area contributed by atoms with Gasteiger partial charge in [-0.25, -0.2) is 4.98 Å². The molecule has 1 fully saturated rings. The van der Waals surface area contributed by atoms with Crippen LogP contribution in [-0.4, -0.2) is 36.4 Å². The van der Waals surface area contributed by atoms with E-state index in [2.05, 4.69) is 32.7 Å². The highest BCUT2D eigenvalue weighted by Gasteiger charge is 2.44. The molecule has 1 saturated carbocycles. The summed E-state index contributed by atoms with van der Waals surface area (Å²) in [5.74, 6) is 0.355. The number of nitrogens with one attached hydrogen (secondary N) is 1. The number of fused-ring (bicyclic) bond motifs is 1. The molecule has 0 saturated heterocycles. The monoisotopic (exact) mass is 419 g/mol. The Morgan fingerprint density at radius 1 is 1.33 bits per heavy atom. The maximum absolute atomic E-state index is 12.1. The Bertz CT molecular complexity index is 1290. The summed E-state index contributed by atoms with van der Waals surface area (Å²) in [4.78, 5) is 16.8. The number of nitriles is 1. The van der Waals surface area contributed by atoms with Crippen molar-refractivity contribution in [2.24, 2.45) is 7.05 Å². The normalized spacial score (nSPS) is 14.5. The number of rotatable bonds is 6. The van der Waals surface area contributed by atoms with Crippen LogP contribution in [0.4, 0.5) is 0 Å². The van der Waals surface area contributed by atoms with Crippen LogP contribution in [0.2, 0.25) is 0 Å². The summed E-state index contributed by atoms with van der Waals surface area (Å²) in [6.45, 7) is 0. The number of carbonyl (C=O) groups is 1. The minimum absolute atomic E-state index is 0.0374. The third-order valence-electron chi connectivity index (χ3n) is 5.01. The summed E-state index contributed by atoms with van der Waals surface area (Å²) >= 11 is 1.57. The molecule has 0 bridgehead atoms. The average Bonchev–Trinajstić information content (AvgIpc) is 3.05. The second-order valence-electron chi connectivity index (χ2n) is 7.32. The molecule has 1 aromatic carbocycles. The number of thiazole rings is 1. The van der Waals surface area contributed by atoms with Crippen LogP contribution in [-0.2, 0) is 24.7 Å². The lowest BCUT2D eigenvalue weighted by Gasteiger charge is -2.06. The van der Waals surface area contributed by atoms with E-state index in [1.54, 1.807) is 17.5 Å². The quantitative estimate of drug-likeness (QED) is 0.509. The van der Waals surface area contributed by atoms with Gasteiger partial charge in [-0.15, -0.1) is 21.5 Å². The molecule has 1 aliphatic rings. The zero-order valence-corrected chi connectivity index (χ0v) is 16.9. The standard InChI is InChI=1S/C20H17N7O2S/c1-27-14(4-7-22-27)12-2-3-15-13(8-12)23-19(30-15)10-18-26-25-17(29-18)9-16(28)24-20(11-21)5-6-20/h2-4,7-8H,5-6,9-10H2,1H3,(H,24,28). The molecule has 10 heteroatoms. The lowest BCUT2D eigenvalue weighted by atomic mass is 10.1. The highest BCUT2D eigenvalue weighted by atomic mass is 32.1. The molecule has 0 spiro atoms. The molecular weight excluding hydrogens is 402 g/mol. The van der Waals surface area contributed by atoms with Gasteiger partial charge in [0.05, 0.1) is 28.4 Å². The second-order valence-corrected chi connectivity index (χ2v) is 8.43. The van der Waals surface area contributed by atoms with Crippen LogP contribution < -0.4 is 5.32 Å². The van der Waals surface area contributed by atoms with E-state index in [0.29, 0.717) is 25.2 Å². The molecule has 0 radical (unpaired) electrons. The fourth-order valence-electron chi connectivity index (χ4n) is 3.27. The Morgan fingerprint density at radius 3 is 2.90 bits per heavy atom. The molecule has 0 aliphatic heterocycles. The molecule has 1 amide bonds. The summed E-state index contributed by atoms with van der Waals surface area (Å²) in [6, 6.07) is 10.2. The van der Waals surface area contributed by atoms with E-state index < -0.39 is 5.54 Å². The topological polar surface area (TPSA) is 123 Å². The zero-order chi connectivity index (χ0) is 20.7. The molecule has 9 nitrogen and oxygen atoms in total. The first-order valence-electron chi connectivity index (χ1n) is 9.45. The van der Waals surface area contributed by atoms with Gasteiger partial charge >= 0.3 is 0 Å². The Hall–Kier alpha value is -3.58. The molecule has 5 rings (SSSR count). The first-order valence-corrected chi connectivity index (χ1v) is 10.3. The zero-order valence-electron chi connectivity index (χ0n) is 16.1. The van der Waals surface area contributed by atoms with Gasteiger partial charge in [-0.05, 0) is 31.0 Å². The van der Waals surface area contributed by atoms with Gasteiger partial charge in [-0.2, -0.15) is 10.4 Å². The van der Waals surface area contributed by atoms with E-state index in [1.807, 2.05) is 29.9 Å². The van der Waals surface area contributed by atoms with E-state index in [9.17, 15) is 4.79 Å². The Balaban J connectivity index is 1.28. The molecule has 1 N–H and O–H groups in total. The van der Waals surface area contributed by atoms with Gasteiger partial charge in [0.15, 0.2) is 0 Å². The molecule has 150 valence electrons. The molecule has 0 atom stereocenters. The largest absolute Gasteiger partial charge is 0.424 e. The van der Waals surface area contributed by atoms with Crippen molar-refractivity contribution in [2.45, 2.75) is 31.2 Å². The fourth-order valence-corrected chi connectivity index (χ4v) is 4.20. The first kappa shape index (κ1) is 18.4. The Kier molecular flexibility index (Phi) is 4.33. The van der Waals surface area contributed by atoms with Gasteiger partial charge in [0.2, 0.25) is 17.7 Å². The van der Waals surface area contributed by atoms with E-state index in [1.165, 1.54) is 0 Å². The smallest absolute Gasteiger partial charge is 0.230 e. The summed E-state index contributed by atoms with van der Waals surface area (Å²) in [7, 11) is 1.91. The molecule has 0 unspecified atom stereocenters. The predicted octanol–water partition coefficient (Wildman–Crippen LogP) is 2.39. The third-order valence-corrected chi connectivity index (χ3v) is 6.05. The predicted molar refractivity (Wildman–Crippen MR) is 108 cm³/mol. The Labute approximate surface area is 175 Å². The van der Waals surface area contributed by atoms with Crippen molar-refractivity contribution in [3.8, 4) is 17.3 Å². The van der Waals surface area contributed by atoms with Crippen molar-refractivity contribution in [1.82, 2.24) is 30.3 Å². The van der Waals surface area contributed by atoms with Crippen LogP contribution in [0.25, 0.3) is 21.5 Å². The van der Waals surface area contributed by atoms with Crippen molar-refractivity contribution in [3.05, 3.63) is 47.3 Å². The lowest BCUT2D eigenvalue weighted by Crippen LogP contribution is -2.36. The number of benzene rings is 1. The van der Waals surface area contributed by atoms with Gasteiger partial charge in [0.1, 0.15) is 17.0 Å². The van der Waals surface area contributed by atoms with Crippen molar-refractivity contribution in [1.29, 1.82) is 5.26 Å². The minimum atomic E-state index is -0.699. The number of amides is 1. The average molecular weight is 419 g/mol. The number of nitrogens with zero attached hydrogens (tertiary/aromatic N) is 6. The van der Waals surface area contributed by atoms with Crippen molar-refractivity contribution in [3.63, 3.8) is 0 Å². The molecule has 3 aromatic heterocycles. The highest BCUT2D eigenvalue weighted by Crippen LogP contribution is 2.34. The number of hydrogen-bond donors (Lipinski definition) is 1. The maximum Gasteiger partial charge on any atom is 0.230 e. The van der Waals surface area contributed by atoms with Crippen molar-refractivity contribution >= 4 is 27.5 Å². The number of hydrogen-bond acceptors (Lipinski definition) is 8. The number of carbonyl (C=O) groups excluding carboxylic acids is 1. The van der Waals surface area contributed by atoms with Gasteiger partial charge in [-0.3, -0.25) is 9.48 Å². The summed E-state index contributed by atoms with van der Waals surface area (Å²) in [5, 5.41) is 24.8. The van der Waals surface area contributed by atoms with E-state index in [0.717, 1.165) is 26.5 Å². The van der Waals surface area contributed by atoms with Crippen LogP contribution in [0.1, 0.15) is 29.6 Å². The van der Waals surface area contributed by atoms with Crippen LogP contribution in [0.15, 0.2) is 34.9 Å². The lowest BCUT2D eigenvalue weighted by molar-refractivity contribution is -0.121. The van der Waals surface area contributed by atoms with Crippen LogP contribution in [0.3, 0.4) is 0 Å². The van der Waals surface area contributed by atoms with Gasteiger partial charge < -0.3 is 9.73 Å². The SMILES string of the molecule is Cn1nccc1-c1ccc2sc(Cc3nnc(CC(=O)NC4(C#N)CC4)o3)nc2c1. The highest BCUT2D eigenvalue weighted by molar-refractivity contribution is 7.18. The van der Waals surface area contributed by atoms with Gasteiger partial charge in [0, 0.05) is 18.8 Å². The molecule has 4 aromatic rings. The van der Waals surface area contributed by atoms with Crippen LogP contribution >= 0.6 is 11.3 Å². The van der Waals surface area contributed by atoms with Crippen LogP contribution in [0, 0.1) is 11.3 Å². The second kappa shape index (κ2) is 7.03. The van der Waals surface area contributed by atoms with Crippen molar-refractivity contribution < 1.29 is 9.21 Å². The third kappa shape index (κ3) is 3.55. The van der Waals surface area contributed by atoms with Gasteiger partial charge in [-0.1, -0.05) is 6.07 Å². The van der Waals surface area contributed by atoms with E-state index >= 15 is 0 Å². The molecular formula is C20H17N7O2S. The van der Waals surface area contributed by atoms with Crippen LogP contribution in [0.5, 0.6) is 0 Å². The van der Waals surface area contributed by atoms with E-state index in [4.69, 9.17) is 14.7 Å². The fraction of sp³-hybridized carbons (Fsp3) is 0.300. The van der Waals surface area contributed by atoms with Crippen molar-refractivity contribution in [2.75, 3.05) is 0 Å². The summed E-state index contributed by atoms with van der Waals surface area (Å²) in [5.41, 5.74) is 2.28. The van der Waals surface area contributed by atoms with Gasteiger partial charge in [0.25, 0.3) is 0 Å². The first-order chi connectivity index (χ1) is 14.5. The molecule has 30 heavy (non-hydrogen) atoms. The Morgan fingerprint density at radius 2 is 2.17 bits per heavy atom.